The zero-order valence-corrected chi connectivity index (χ0v) is 8.69. The maximum atomic E-state index is 10.9. The number of carbonyl (C=O) groups excluding carboxylic acids is 2. The molecule has 0 rings (SSSR count). The molecule has 15 heavy (non-hydrogen) atoms. The first-order valence-electron chi connectivity index (χ1n) is 4.48. The van der Waals surface area contributed by atoms with Gasteiger partial charge in [-0.25, -0.2) is 4.79 Å². The SMILES string of the molecule is CCOC(=O)/C=C(\CCC(C)=O)[N+](=O)[O-]. The summed E-state index contributed by atoms with van der Waals surface area (Å²) in [6.45, 7) is 3.10. The predicted molar refractivity (Wildman–Crippen MR) is 51.6 cm³/mol. The van der Waals surface area contributed by atoms with Crippen LogP contribution in [0.3, 0.4) is 0 Å². The molecule has 0 aliphatic heterocycles. The molecule has 0 saturated heterocycles. The van der Waals surface area contributed by atoms with Crippen molar-refractivity contribution in [3.8, 4) is 0 Å². The molecule has 0 N–H and O–H groups in total. The van der Waals surface area contributed by atoms with Gasteiger partial charge in [-0.1, -0.05) is 0 Å². The Hall–Kier alpha value is -1.72. The topological polar surface area (TPSA) is 86.5 Å². The van der Waals surface area contributed by atoms with Crippen LogP contribution >= 0.6 is 0 Å². The number of Topliss-reactive ketones (excluding diaryl/α,β-unsaturated/α-hetero) is 1. The van der Waals surface area contributed by atoms with Gasteiger partial charge in [0, 0.05) is 12.8 Å². The Kier molecular flexibility index (Phi) is 5.92. The van der Waals surface area contributed by atoms with Crippen LogP contribution in [0, 0.1) is 10.1 Å². The van der Waals surface area contributed by atoms with Crippen LogP contribution in [0.4, 0.5) is 0 Å². The highest BCUT2D eigenvalue weighted by Crippen LogP contribution is 2.06. The van der Waals surface area contributed by atoms with Crippen molar-refractivity contribution in [1.29, 1.82) is 0 Å². The molecule has 0 aromatic rings. The molecule has 0 radical (unpaired) electrons. The number of nitrogens with zero attached hydrogens (tertiary/aromatic N) is 1. The fourth-order valence-electron chi connectivity index (χ4n) is 0.840. The molecule has 0 atom stereocenters. The van der Waals surface area contributed by atoms with Crippen LogP contribution in [0.1, 0.15) is 26.7 Å². The molecule has 0 fully saturated rings. The van der Waals surface area contributed by atoms with E-state index in [9.17, 15) is 19.7 Å². The van der Waals surface area contributed by atoms with Crippen LogP contribution in [-0.4, -0.2) is 23.3 Å². The second kappa shape index (κ2) is 6.69. The van der Waals surface area contributed by atoms with Crippen LogP contribution in [0.15, 0.2) is 11.8 Å². The average Bonchev–Trinajstić information content (AvgIpc) is 2.11. The van der Waals surface area contributed by atoms with Crippen molar-refractivity contribution in [2.45, 2.75) is 26.7 Å². The molecule has 0 aromatic heterocycles. The largest absolute Gasteiger partial charge is 0.463 e. The molecular formula is C9H13NO5. The Morgan fingerprint density at radius 3 is 2.40 bits per heavy atom. The third-order valence-corrected chi connectivity index (χ3v) is 1.54. The molecule has 0 aliphatic rings. The number of rotatable bonds is 6. The summed E-state index contributed by atoms with van der Waals surface area (Å²) in [5.41, 5.74) is -0.302. The lowest BCUT2D eigenvalue weighted by atomic mass is 10.2. The van der Waals surface area contributed by atoms with E-state index in [1.807, 2.05) is 0 Å². The third-order valence-electron chi connectivity index (χ3n) is 1.54. The number of carbonyl (C=O) groups is 2. The number of hydrogen-bond donors (Lipinski definition) is 0. The molecule has 6 nitrogen and oxygen atoms in total. The summed E-state index contributed by atoms with van der Waals surface area (Å²) in [6.07, 6.45) is 0.805. The first kappa shape index (κ1) is 13.3. The maximum Gasteiger partial charge on any atom is 0.337 e. The lowest BCUT2D eigenvalue weighted by Gasteiger charge is -1.98. The molecule has 0 spiro atoms. The second-order valence-corrected chi connectivity index (χ2v) is 2.85. The second-order valence-electron chi connectivity index (χ2n) is 2.85. The Morgan fingerprint density at radius 1 is 1.40 bits per heavy atom. The Labute approximate surface area is 87.1 Å². The van der Waals surface area contributed by atoms with E-state index in [0.29, 0.717) is 0 Å². The van der Waals surface area contributed by atoms with Crippen molar-refractivity contribution in [1.82, 2.24) is 0 Å². The summed E-state index contributed by atoms with van der Waals surface area (Å²) in [5, 5.41) is 10.5. The van der Waals surface area contributed by atoms with Gasteiger partial charge in [-0.3, -0.25) is 10.1 Å². The lowest BCUT2D eigenvalue weighted by molar-refractivity contribution is -0.427. The highest BCUT2D eigenvalue weighted by atomic mass is 16.6. The third kappa shape index (κ3) is 6.36. The molecule has 0 unspecified atom stereocenters. The molecule has 0 heterocycles. The molecule has 0 saturated carbocycles. The molecular weight excluding hydrogens is 202 g/mol. The first-order chi connectivity index (χ1) is 6.97. The van der Waals surface area contributed by atoms with Gasteiger partial charge < -0.3 is 9.53 Å². The summed E-state index contributed by atoms with van der Waals surface area (Å²) in [6, 6.07) is 0. The minimum Gasteiger partial charge on any atom is -0.463 e. The van der Waals surface area contributed by atoms with Crippen molar-refractivity contribution in [3.05, 3.63) is 21.9 Å². The van der Waals surface area contributed by atoms with Crippen LogP contribution in [-0.2, 0) is 14.3 Å². The van der Waals surface area contributed by atoms with E-state index >= 15 is 0 Å². The minimum absolute atomic E-state index is 0.0478. The molecule has 0 amide bonds. The lowest BCUT2D eigenvalue weighted by Crippen LogP contribution is -2.07. The zero-order chi connectivity index (χ0) is 11.8. The van der Waals surface area contributed by atoms with Gasteiger partial charge in [0.2, 0.25) is 0 Å². The average molecular weight is 215 g/mol. The van der Waals surface area contributed by atoms with E-state index < -0.39 is 10.9 Å². The van der Waals surface area contributed by atoms with Gasteiger partial charge in [0.15, 0.2) is 0 Å². The Morgan fingerprint density at radius 2 is 2.00 bits per heavy atom. The Bertz CT molecular complexity index is 295. The number of hydrogen-bond acceptors (Lipinski definition) is 5. The van der Waals surface area contributed by atoms with E-state index in [0.717, 1.165) is 6.08 Å². The molecule has 0 bridgehead atoms. The first-order valence-corrected chi connectivity index (χ1v) is 4.48. The highest BCUT2D eigenvalue weighted by molar-refractivity contribution is 5.82. The van der Waals surface area contributed by atoms with Crippen molar-refractivity contribution >= 4 is 11.8 Å². The molecule has 6 heteroatoms. The van der Waals surface area contributed by atoms with Crippen LogP contribution in [0.2, 0.25) is 0 Å². The normalized spacial score (nSPS) is 10.9. The summed E-state index contributed by atoms with van der Waals surface area (Å²) < 4.78 is 4.52. The van der Waals surface area contributed by atoms with Gasteiger partial charge in [-0.05, 0) is 13.8 Å². The van der Waals surface area contributed by atoms with Gasteiger partial charge in [-0.2, -0.15) is 0 Å². The van der Waals surface area contributed by atoms with Crippen molar-refractivity contribution in [2.24, 2.45) is 0 Å². The fraction of sp³-hybridized carbons (Fsp3) is 0.556. The van der Waals surface area contributed by atoms with E-state index in [1.165, 1.54) is 6.92 Å². The summed E-state index contributed by atoms with van der Waals surface area (Å²) >= 11 is 0. The number of nitro groups is 1. The number of ether oxygens (including phenoxy) is 1. The Balaban J connectivity index is 4.44. The molecule has 0 aliphatic carbocycles. The summed E-state index contributed by atoms with van der Waals surface area (Å²) in [7, 11) is 0. The van der Waals surface area contributed by atoms with Crippen LogP contribution < -0.4 is 0 Å². The van der Waals surface area contributed by atoms with Gasteiger partial charge in [-0.15, -0.1) is 0 Å². The molecule has 84 valence electrons. The van der Waals surface area contributed by atoms with Gasteiger partial charge in [0.05, 0.1) is 17.6 Å². The van der Waals surface area contributed by atoms with E-state index in [4.69, 9.17) is 0 Å². The van der Waals surface area contributed by atoms with Crippen LogP contribution in [0.5, 0.6) is 0 Å². The van der Waals surface area contributed by atoms with Crippen molar-refractivity contribution < 1.29 is 19.2 Å². The summed E-state index contributed by atoms with van der Waals surface area (Å²) in [5.74, 6) is -0.917. The standard InChI is InChI=1S/C9H13NO5/c1-3-15-9(12)6-8(10(13)14)5-4-7(2)11/h6H,3-5H2,1-2H3/b8-6+. The van der Waals surface area contributed by atoms with Crippen molar-refractivity contribution in [3.63, 3.8) is 0 Å². The molecule has 0 aromatic carbocycles. The smallest absolute Gasteiger partial charge is 0.337 e. The quantitative estimate of drug-likeness (QED) is 0.286. The van der Waals surface area contributed by atoms with Gasteiger partial charge >= 0.3 is 5.97 Å². The minimum atomic E-state index is -0.757. The summed E-state index contributed by atoms with van der Waals surface area (Å²) in [4.78, 5) is 31.3. The van der Waals surface area contributed by atoms with Crippen LogP contribution in [0.25, 0.3) is 0 Å². The maximum absolute atomic E-state index is 10.9. The van der Waals surface area contributed by atoms with E-state index in [1.54, 1.807) is 6.92 Å². The predicted octanol–water partition coefficient (Wildman–Crippen LogP) is 1.08. The van der Waals surface area contributed by atoms with Crippen molar-refractivity contribution in [2.75, 3.05) is 6.61 Å². The van der Waals surface area contributed by atoms with E-state index in [2.05, 4.69) is 4.74 Å². The van der Waals surface area contributed by atoms with Gasteiger partial charge in [0.25, 0.3) is 5.70 Å². The number of ketones is 1. The number of esters is 1. The van der Waals surface area contributed by atoms with E-state index in [-0.39, 0.29) is 30.9 Å². The monoisotopic (exact) mass is 215 g/mol. The number of allylic oxidation sites excluding steroid dienone is 1. The zero-order valence-electron chi connectivity index (χ0n) is 8.69. The highest BCUT2D eigenvalue weighted by Gasteiger charge is 2.14. The van der Waals surface area contributed by atoms with Gasteiger partial charge in [0.1, 0.15) is 5.78 Å². The fourth-order valence-corrected chi connectivity index (χ4v) is 0.840.